The molecule has 1 aromatic carbocycles. The van der Waals surface area contributed by atoms with Crippen molar-refractivity contribution in [2.75, 3.05) is 31.2 Å². The van der Waals surface area contributed by atoms with Crippen molar-refractivity contribution >= 4 is 5.69 Å². The summed E-state index contributed by atoms with van der Waals surface area (Å²) in [6.07, 6.45) is 5.26. The third-order valence-corrected chi connectivity index (χ3v) is 3.13. The third kappa shape index (κ3) is 2.19. The van der Waals surface area contributed by atoms with Crippen molar-refractivity contribution in [3.8, 4) is 11.1 Å². The van der Waals surface area contributed by atoms with E-state index in [1.54, 1.807) is 6.33 Å². The second-order valence-corrected chi connectivity index (χ2v) is 4.24. The van der Waals surface area contributed by atoms with E-state index in [9.17, 15) is 0 Å². The van der Waals surface area contributed by atoms with Crippen LogP contribution in [0, 0.1) is 0 Å². The Morgan fingerprint density at radius 1 is 1.00 bits per heavy atom. The van der Waals surface area contributed by atoms with Crippen molar-refractivity contribution in [2.24, 2.45) is 0 Å². The maximum atomic E-state index is 5.40. The molecule has 0 amide bonds. The van der Waals surface area contributed by atoms with Gasteiger partial charge in [-0.2, -0.15) is 0 Å². The highest BCUT2D eigenvalue weighted by Crippen LogP contribution is 2.30. The molecule has 0 aliphatic carbocycles. The van der Waals surface area contributed by atoms with E-state index >= 15 is 0 Å². The lowest BCUT2D eigenvalue weighted by atomic mass is 10.1. The van der Waals surface area contributed by atoms with Crippen molar-refractivity contribution in [3.63, 3.8) is 0 Å². The molecule has 0 atom stereocenters. The van der Waals surface area contributed by atoms with Crippen molar-refractivity contribution in [2.45, 2.75) is 0 Å². The molecule has 0 bridgehead atoms. The van der Waals surface area contributed by atoms with Gasteiger partial charge in [-0.15, -0.1) is 0 Å². The molecule has 0 spiro atoms. The molecule has 4 nitrogen and oxygen atoms in total. The smallest absolute Gasteiger partial charge is 0.115 e. The van der Waals surface area contributed by atoms with Gasteiger partial charge in [-0.25, -0.2) is 9.97 Å². The molecule has 1 saturated heterocycles. The Balaban J connectivity index is 1.99. The third-order valence-electron chi connectivity index (χ3n) is 3.13. The predicted molar refractivity (Wildman–Crippen MR) is 70.5 cm³/mol. The number of aromatic nitrogens is 2. The zero-order chi connectivity index (χ0) is 12.2. The van der Waals surface area contributed by atoms with Gasteiger partial charge in [0.1, 0.15) is 6.33 Å². The molecule has 2 heterocycles. The lowest BCUT2D eigenvalue weighted by Crippen LogP contribution is -2.36. The predicted octanol–water partition coefficient (Wildman–Crippen LogP) is 1.98. The Morgan fingerprint density at radius 2 is 1.72 bits per heavy atom. The number of ether oxygens (including phenoxy) is 1. The first-order valence-electron chi connectivity index (χ1n) is 6.12. The number of morpholine rings is 1. The number of para-hydroxylation sites is 1. The maximum absolute atomic E-state index is 5.40. The summed E-state index contributed by atoms with van der Waals surface area (Å²) in [5, 5.41) is 0. The summed E-state index contributed by atoms with van der Waals surface area (Å²) in [4.78, 5) is 10.5. The quantitative estimate of drug-likeness (QED) is 0.806. The van der Waals surface area contributed by atoms with Gasteiger partial charge in [0.15, 0.2) is 0 Å². The standard InChI is InChI=1S/C14H15N3O/c1-2-4-14(17-5-7-18-8-6-17)13(3-1)12-9-15-11-16-10-12/h1-4,9-11H,5-8H2. The van der Waals surface area contributed by atoms with Crippen LogP contribution in [0.5, 0.6) is 0 Å². The summed E-state index contributed by atoms with van der Waals surface area (Å²) < 4.78 is 5.40. The van der Waals surface area contributed by atoms with E-state index in [2.05, 4.69) is 33.1 Å². The van der Waals surface area contributed by atoms with E-state index in [4.69, 9.17) is 4.74 Å². The Morgan fingerprint density at radius 3 is 2.50 bits per heavy atom. The number of hydrogen-bond acceptors (Lipinski definition) is 4. The van der Waals surface area contributed by atoms with Crippen LogP contribution in [0.15, 0.2) is 43.0 Å². The number of anilines is 1. The van der Waals surface area contributed by atoms with E-state index in [-0.39, 0.29) is 0 Å². The van der Waals surface area contributed by atoms with Crippen LogP contribution < -0.4 is 4.90 Å². The van der Waals surface area contributed by atoms with Gasteiger partial charge in [0.2, 0.25) is 0 Å². The van der Waals surface area contributed by atoms with E-state index in [1.807, 2.05) is 18.5 Å². The molecular weight excluding hydrogens is 226 g/mol. The SMILES string of the molecule is c1ccc(N2CCOCC2)c(-c2cncnc2)c1. The van der Waals surface area contributed by atoms with Crippen LogP contribution in [-0.2, 0) is 4.74 Å². The first-order chi connectivity index (χ1) is 8.95. The second-order valence-electron chi connectivity index (χ2n) is 4.24. The Bertz CT molecular complexity index is 509. The highest BCUT2D eigenvalue weighted by molar-refractivity contribution is 5.77. The van der Waals surface area contributed by atoms with Gasteiger partial charge < -0.3 is 9.64 Å². The number of nitrogens with zero attached hydrogens (tertiary/aromatic N) is 3. The van der Waals surface area contributed by atoms with Crippen LogP contribution in [0.25, 0.3) is 11.1 Å². The first-order valence-corrected chi connectivity index (χ1v) is 6.12. The molecule has 1 aromatic heterocycles. The van der Waals surface area contributed by atoms with Crippen LogP contribution >= 0.6 is 0 Å². The molecule has 3 rings (SSSR count). The van der Waals surface area contributed by atoms with E-state index in [0.717, 1.165) is 31.9 Å². The van der Waals surface area contributed by atoms with E-state index in [0.29, 0.717) is 0 Å². The average Bonchev–Trinajstić information content (AvgIpc) is 2.49. The van der Waals surface area contributed by atoms with Crippen LogP contribution in [0.4, 0.5) is 5.69 Å². The molecule has 18 heavy (non-hydrogen) atoms. The molecule has 0 radical (unpaired) electrons. The maximum Gasteiger partial charge on any atom is 0.115 e. The first kappa shape index (κ1) is 11.2. The van der Waals surface area contributed by atoms with Crippen LogP contribution in [-0.4, -0.2) is 36.3 Å². The average molecular weight is 241 g/mol. The van der Waals surface area contributed by atoms with E-state index < -0.39 is 0 Å². The number of rotatable bonds is 2. The largest absolute Gasteiger partial charge is 0.378 e. The van der Waals surface area contributed by atoms with Gasteiger partial charge in [-0.3, -0.25) is 0 Å². The zero-order valence-corrected chi connectivity index (χ0v) is 10.1. The van der Waals surface area contributed by atoms with Gasteiger partial charge >= 0.3 is 0 Å². The van der Waals surface area contributed by atoms with Gasteiger partial charge in [0.25, 0.3) is 0 Å². The molecule has 0 N–H and O–H groups in total. The molecule has 1 aliphatic heterocycles. The Hall–Kier alpha value is -1.94. The molecule has 2 aromatic rings. The lowest BCUT2D eigenvalue weighted by molar-refractivity contribution is 0.123. The van der Waals surface area contributed by atoms with E-state index in [1.165, 1.54) is 11.3 Å². The Labute approximate surface area is 106 Å². The fraction of sp³-hybridized carbons (Fsp3) is 0.286. The summed E-state index contributed by atoms with van der Waals surface area (Å²) >= 11 is 0. The summed E-state index contributed by atoms with van der Waals surface area (Å²) in [5.74, 6) is 0. The second kappa shape index (κ2) is 5.14. The van der Waals surface area contributed by atoms with Gasteiger partial charge in [0, 0.05) is 42.3 Å². The van der Waals surface area contributed by atoms with Crippen molar-refractivity contribution in [3.05, 3.63) is 43.0 Å². The minimum absolute atomic E-state index is 0.791. The fourth-order valence-corrected chi connectivity index (χ4v) is 2.24. The highest BCUT2D eigenvalue weighted by atomic mass is 16.5. The number of hydrogen-bond donors (Lipinski definition) is 0. The highest BCUT2D eigenvalue weighted by Gasteiger charge is 2.15. The molecular formula is C14H15N3O. The summed E-state index contributed by atoms with van der Waals surface area (Å²) in [6, 6.07) is 8.38. The Kier molecular flexibility index (Phi) is 3.19. The molecule has 0 saturated carbocycles. The zero-order valence-electron chi connectivity index (χ0n) is 10.1. The van der Waals surface area contributed by atoms with Gasteiger partial charge in [-0.05, 0) is 6.07 Å². The lowest BCUT2D eigenvalue weighted by Gasteiger charge is -2.30. The monoisotopic (exact) mass is 241 g/mol. The summed E-state index contributed by atoms with van der Waals surface area (Å²) in [5.41, 5.74) is 3.47. The van der Waals surface area contributed by atoms with Crippen molar-refractivity contribution in [1.82, 2.24) is 9.97 Å². The van der Waals surface area contributed by atoms with Gasteiger partial charge in [-0.1, -0.05) is 18.2 Å². The summed E-state index contributed by atoms with van der Waals surface area (Å²) in [7, 11) is 0. The van der Waals surface area contributed by atoms with Crippen LogP contribution in [0.1, 0.15) is 0 Å². The number of benzene rings is 1. The molecule has 92 valence electrons. The van der Waals surface area contributed by atoms with Gasteiger partial charge in [0.05, 0.1) is 13.2 Å². The topological polar surface area (TPSA) is 38.2 Å². The minimum atomic E-state index is 0.791. The fourth-order valence-electron chi connectivity index (χ4n) is 2.24. The normalized spacial score (nSPS) is 15.7. The van der Waals surface area contributed by atoms with Crippen molar-refractivity contribution < 1.29 is 4.74 Å². The molecule has 1 aliphatic rings. The molecule has 1 fully saturated rings. The summed E-state index contributed by atoms with van der Waals surface area (Å²) in [6.45, 7) is 3.45. The molecule has 4 heteroatoms. The molecule has 0 unspecified atom stereocenters. The van der Waals surface area contributed by atoms with Crippen molar-refractivity contribution in [1.29, 1.82) is 0 Å². The minimum Gasteiger partial charge on any atom is -0.378 e. The van der Waals surface area contributed by atoms with Crippen LogP contribution in [0.3, 0.4) is 0 Å². The van der Waals surface area contributed by atoms with Crippen LogP contribution in [0.2, 0.25) is 0 Å².